The van der Waals surface area contributed by atoms with Crippen LogP contribution < -0.4 is 11.5 Å². The molecule has 0 unspecified atom stereocenters. The maximum atomic E-state index is 6.07. The van der Waals surface area contributed by atoms with Gasteiger partial charge in [0.1, 0.15) is 0 Å². The van der Waals surface area contributed by atoms with E-state index in [2.05, 4.69) is 55.5 Å². The molecule has 0 saturated heterocycles. The minimum Gasteiger partial charge on any atom is -0.399 e. The number of nitrogens with two attached hydrogens (primary N) is 2. The number of hydrogen-bond acceptors (Lipinski definition) is 6. The Morgan fingerprint density at radius 1 is 0.559 bits per heavy atom. The van der Waals surface area contributed by atoms with Crippen molar-refractivity contribution in [2.24, 2.45) is 0 Å². The summed E-state index contributed by atoms with van der Waals surface area (Å²) in [6.45, 7) is 2.26. The molecule has 2 aromatic heterocycles. The molecule has 166 valence electrons. The zero-order chi connectivity index (χ0) is 23.2. The van der Waals surface area contributed by atoms with E-state index < -0.39 is 0 Å². The lowest BCUT2D eigenvalue weighted by Crippen LogP contribution is -1.96. The Hall–Kier alpha value is -3.48. The van der Waals surface area contributed by atoms with E-state index in [0.717, 1.165) is 55.0 Å². The molecule has 0 aliphatic heterocycles. The molecule has 0 amide bonds. The second-order valence-electron chi connectivity index (χ2n) is 8.27. The van der Waals surface area contributed by atoms with Crippen molar-refractivity contribution in [3.63, 3.8) is 0 Å². The highest BCUT2D eigenvalue weighted by Crippen LogP contribution is 2.45. The van der Waals surface area contributed by atoms with Gasteiger partial charge in [0.25, 0.3) is 0 Å². The zero-order valence-corrected chi connectivity index (χ0v) is 20.2. The minimum absolute atomic E-state index is 0.234. The van der Waals surface area contributed by atoms with Gasteiger partial charge in [-0.15, -0.1) is 23.5 Å². The first-order valence-electron chi connectivity index (χ1n) is 11.1. The van der Waals surface area contributed by atoms with Crippen molar-refractivity contribution in [2.75, 3.05) is 11.5 Å². The highest BCUT2D eigenvalue weighted by molar-refractivity contribution is 8.17. The molecule has 6 aromatic rings. The SMILES string of the molecule is CC(Sc1c2ccccc2nc2cc(N)ccc12)Sc1c2ccccc2nc2cc(N)ccc12. The Balaban J connectivity index is 1.47. The Morgan fingerprint density at radius 2 is 0.971 bits per heavy atom. The third-order valence-electron chi connectivity index (χ3n) is 5.88. The summed E-state index contributed by atoms with van der Waals surface area (Å²) < 4.78 is 0.234. The lowest BCUT2D eigenvalue weighted by Gasteiger charge is -2.17. The predicted octanol–water partition coefficient (Wildman–Crippen LogP) is 7.48. The molecule has 2 heterocycles. The molecule has 4 aromatic carbocycles. The van der Waals surface area contributed by atoms with Gasteiger partial charge in [0.2, 0.25) is 0 Å². The average Bonchev–Trinajstić information content (AvgIpc) is 2.83. The van der Waals surface area contributed by atoms with Crippen LogP contribution in [0.15, 0.2) is 94.7 Å². The van der Waals surface area contributed by atoms with Gasteiger partial charge in [0.05, 0.1) is 26.6 Å². The van der Waals surface area contributed by atoms with E-state index in [9.17, 15) is 0 Å². The van der Waals surface area contributed by atoms with Crippen LogP contribution in [0, 0.1) is 0 Å². The average molecular weight is 479 g/mol. The number of hydrogen-bond donors (Lipinski definition) is 2. The number of benzene rings is 4. The summed E-state index contributed by atoms with van der Waals surface area (Å²) in [5.41, 5.74) is 17.4. The van der Waals surface area contributed by atoms with Gasteiger partial charge in [-0.05, 0) is 55.5 Å². The van der Waals surface area contributed by atoms with Gasteiger partial charge >= 0.3 is 0 Å². The monoisotopic (exact) mass is 478 g/mol. The molecule has 0 fully saturated rings. The zero-order valence-electron chi connectivity index (χ0n) is 18.5. The first-order valence-corrected chi connectivity index (χ1v) is 12.8. The standard InChI is InChI=1S/C28H22N4S2/c1-16(33-27-19-6-2-4-8-23(19)31-25-14-17(29)10-12-21(25)27)34-28-20-7-3-5-9-24(20)32-26-15-18(30)11-13-22(26)28/h2-16H,29-30H2,1H3. The Labute approximate surface area is 205 Å². The van der Waals surface area contributed by atoms with Crippen LogP contribution in [-0.4, -0.2) is 14.5 Å². The third-order valence-corrected chi connectivity index (χ3v) is 8.47. The van der Waals surface area contributed by atoms with Crippen LogP contribution in [0.5, 0.6) is 0 Å². The molecule has 0 aliphatic rings. The molecule has 0 saturated carbocycles. The second kappa shape index (κ2) is 8.38. The van der Waals surface area contributed by atoms with Gasteiger partial charge in [-0.2, -0.15) is 0 Å². The van der Waals surface area contributed by atoms with Crippen LogP contribution in [0.25, 0.3) is 43.6 Å². The second-order valence-corrected chi connectivity index (χ2v) is 11.3. The summed E-state index contributed by atoms with van der Waals surface area (Å²) >= 11 is 3.72. The van der Waals surface area contributed by atoms with Crippen molar-refractivity contribution in [2.45, 2.75) is 21.3 Å². The van der Waals surface area contributed by atoms with E-state index in [1.807, 2.05) is 59.9 Å². The summed E-state index contributed by atoms with van der Waals surface area (Å²) in [6, 6.07) is 28.6. The van der Waals surface area contributed by atoms with Crippen LogP contribution in [0.3, 0.4) is 0 Å². The highest BCUT2D eigenvalue weighted by Gasteiger charge is 2.17. The van der Waals surface area contributed by atoms with Gasteiger partial charge in [-0.25, -0.2) is 9.97 Å². The van der Waals surface area contributed by atoms with E-state index in [4.69, 9.17) is 21.4 Å². The first kappa shape index (κ1) is 21.1. The van der Waals surface area contributed by atoms with Crippen LogP contribution in [0.4, 0.5) is 11.4 Å². The Kier molecular flexibility index (Phi) is 5.20. The molecule has 0 bridgehead atoms. The number of thioether (sulfide) groups is 2. The molecule has 0 atom stereocenters. The van der Waals surface area contributed by atoms with Crippen LogP contribution in [-0.2, 0) is 0 Å². The Morgan fingerprint density at radius 3 is 1.44 bits per heavy atom. The molecular formula is C28H22N4S2. The molecule has 34 heavy (non-hydrogen) atoms. The molecule has 0 radical (unpaired) electrons. The fraction of sp³-hybridized carbons (Fsp3) is 0.0714. The minimum atomic E-state index is 0.234. The predicted molar refractivity (Wildman–Crippen MR) is 148 cm³/mol. The summed E-state index contributed by atoms with van der Waals surface area (Å²) in [5, 5.41) is 4.58. The molecule has 0 spiro atoms. The lowest BCUT2D eigenvalue weighted by atomic mass is 10.1. The highest BCUT2D eigenvalue weighted by atomic mass is 32.2. The van der Waals surface area contributed by atoms with Crippen LogP contribution in [0.1, 0.15) is 6.92 Å². The number of fused-ring (bicyclic) bond motifs is 4. The molecule has 6 heteroatoms. The molecule has 0 aliphatic carbocycles. The number of nitrogens with zero attached hydrogens (tertiary/aromatic N) is 2. The molecule has 4 N–H and O–H groups in total. The van der Waals surface area contributed by atoms with Gasteiger partial charge in [-0.3, -0.25) is 0 Å². The maximum Gasteiger partial charge on any atom is 0.0741 e. The molecule has 4 nitrogen and oxygen atoms in total. The number of nitrogen functional groups attached to an aromatic ring is 2. The van der Waals surface area contributed by atoms with Gasteiger partial charge in [0.15, 0.2) is 0 Å². The third kappa shape index (κ3) is 3.69. The van der Waals surface area contributed by atoms with Gasteiger partial charge < -0.3 is 11.5 Å². The summed E-state index contributed by atoms with van der Waals surface area (Å²) in [7, 11) is 0. The van der Waals surface area contributed by atoms with Gasteiger partial charge in [-0.1, -0.05) is 36.4 Å². The lowest BCUT2D eigenvalue weighted by molar-refractivity contribution is 1.38. The van der Waals surface area contributed by atoms with Crippen molar-refractivity contribution in [3.8, 4) is 0 Å². The van der Waals surface area contributed by atoms with E-state index >= 15 is 0 Å². The van der Waals surface area contributed by atoms with Crippen LogP contribution in [0.2, 0.25) is 0 Å². The van der Waals surface area contributed by atoms with E-state index in [1.165, 1.54) is 9.79 Å². The summed E-state index contributed by atoms with van der Waals surface area (Å²) in [5.74, 6) is 0. The smallest absolute Gasteiger partial charge is 0.0741 e. The van der Waals surface area contributed by atoms with Crippen molar-refractivity contribution >= 4 is 78.5 Å². The molecular weight excluding hydrogens is 456 g/mol. The number of rotatable bonds is 4. The normalized spacial score (nSPS) is 11.8. The number of para-hydroxylation sites is 2. The van der Waals surface area contributed by atoms with Gasteiger partial charge in [0, 0.05) is 42.7 Å². The fourth-order valence-electron chi connectivity index (χ4n) is 4.35. The van der Waals surface area contributed by atoms with Crippen molar-refractivity contribution in [3.05, 3.63) is 84.9 Å². The number of anilines is 2. The Bertz CT molecular complexity index is 1590. The number of aromatic nitrogens is 2. The summed E-state index contributed by atoms with van der Waals surface area (Å²) in [6.07, 6.45) is 0. The number of pyridine rings is 2. The summed E-state index contributed by atoms with van der Waals surface area (Å²) in [4.78, 5) is 12.2. The quantitative estimate of drug-likeness (QED) is 0.118. The van der Waals surface area contributed by atoms with E-state index in [-0.39, 0.29) is 4.58 Å². The van der Waals surface area contributed by atoms with Crippen molar-refractivity contribution in [1.29, 1.82) is 0 Å². The first-order chi connectivity index (χ1) is 16.6. The maximum absolute atomic E-state index is 6.07. The fourth-order valence-corrected chi connectivity index (χ4v) is 6.98. The topological polar surface area (TPSA) is 77.8 Å². The molecule has 6 rings (SSSR count). The van der Waals surface area contributed by atoms with E-state index in [0.29, 0.717) is 0 Å². The van der Waals surface area contributed by atoms with Crippen molar-refractivity contribution < 1.29 is 0 Å². The van der Waals surface area contributed by atoms with Crippen LogP contribution >= 0.6 is 23.5 Å². The largest absolute Gasteiger partial charge is 0.399 e. The van der Waals surface area contributed by atoms with Crippen molar-refractivity contribution in [1.82, 2.24) is 9.97 Å². The van der Waals surface area contributed by atoms with E-state index in [1.54, 1.807) is 0 Å².